The molecule has 2 aromatic rings. The number of nitrogens with zero attached hydrogens (tertiary/aromatic N) is 3. The third-order valence-electron chi connectivity index (χ3n) is 6.37. The van der Waals surface area contributed by atoms with E-state index in [0.29, 0.717) is 23.2 Å². The predicted molar refractivity (Wildman–Crippen MR) is 143 cm³/mol. The highest BCUT2D eigenvalue weighted by Crippen LogP contribution is 2.39. The highest BCUT2D eigenvalue weighted by atomic mass is 35.5. The molecule has 7 nitrogen and oxygen atoms in total. The summed E-state index contributed by atoms with van der Waals surface area (Å²) in [5.74, 6) is 0.664. The lowest BCUT2D eigenvalue weighted by Crippen LogP contribution is -2.44. The number of hydrogen-bond acceptors (Lipinski definition) is 7. The van der Waals surface area contributed by atoms with Gasteiger partial charge in [0.25, 0.3) is 0 Å². The largest absolute Gasteiger partial charge is 0.379 e. The lowest BCUT2D eigenvalue weighted by atomic mass is 10.00. The number of hydrogen-bond donors (Lipinski definition) is 3. The number of fused-ring (bicyclic) bond motifs is 1. The molecule has 0 unspecified atom stereocenters. The van der Waals surface area contributed by atoms with Gasteiger partial charge in [0.1, 0.15) is 22.7 Å². The molecule has 0 spiro atoms. The standard InChI is InChI=1S/C25H33ClN6OS/c1-16-17(2)34-25-22(16)23(19-5-7-20(26)8-6-19)30-21(24(28)32(25)18(3)27)15-29-9-4-10-31-11-13-33-14-12-31/h5-8,21,27-29H,4,9-15H2,1-3H3/t21-/m0/s1. The lowest BCUT2D eigenvalue weighted by Gasteiger charge is -2.27. The van der Waals surface area contributed by atoms with Crippen molar-refractivity contribution in [3.8, 4) is 0 Å². The molecule has 2 aliphatic rings. The van der Waals surface area contributed by atoms with Crippen molar-refractivity contribution in [3.05, 3.63) is 50.9 Å². The van der Waals surface area contributed by atoms with Crippen LogP contribution < -0.4 is 10.2 Å². The normalized spacial score (nSPS) is 19.1. The van der Waals surface area contributed by atoms with Crippen molar-refractivity contribution >= 4 is 45.3 Å². The monoisotopic (exact) mass is 500 g/mol. The Morgan fingerprint density at radius 1 is 1.24 bits per heavy atom. The Balaban J connectivity index is 1.59. The molecule has 9 heteroatoms. The van der Waals surface area contributed by atoms with E-state index in [9.17, 15) is 0 Å². The van der Waals surface area contributed by atoms with E-state index in [1.54, 1.807) is 23.2 Å². The van der Waals surface area contributed by atoms with Crippen LogP contribution in [0.4, 0.5) is 5.00 Å². The van der Waals surface area contributed by atoms with Crippen molar-refractivity contribution in [3.63, 3.8) is 0 Å². The quantitative estimate of drug-likeness (QED) is 0.300. The number of amidine groups is 2. The average Bonchev–Trinajstić information content (AvgIpc) is 3.03. The summed E-state index contributed by atoms with van der Waals surface area (Å²) in [4.78, 5) is 10.5. The van der Waals surface area contributed by atoms with E-state index >= 15 is 0 Å². The Morgan fingerprint density at radius 2 is 1.94 bits per heavy atom. The van der Waals surface area contributed by atoms with Crippen molar-refractivity contribution in [2.75, 3.05) is 50.8 Å². The summed E-state index contributed by atoms with van der Waals surface area (Å²) in [6, 6.07) is 7.33. The minimum absolute atomic E-state index is 0.331. The molecule has 4 rings (SSSR count). The Hall–Kier alpha value is -2.10. The molecule has 34 heavy (non-hydrogen) atoms. The van der Waals surface area contributed by atoms with Crippen molar-refractivity contribution in [2.45, 2.75) is 33.2 Å². The number of nitrogens with one attached hydrogen (secondary N) is 3. The lowest BCUT2D eigenvalue weighted by molar-refractivity contribution is 0.0374. The maximum absolute atomic E-state index is 9.01. The van der Waals surface area contributed by atoms with Crippen molar-refractivity contribution in [1.82, 2.24) is 10.2 Å². The molecule has 0 amide bonds. The van der Waals surface area contributed by atoms with E-state index in [0.717, 1.165) is 73.2 Å². The fourth-order valence-corrected chi connectivity index (χ4v) is 5.73. The number of benzene rings is 1. The molecular weight excluding hydrogens is 468 g/mol. The maximum Gasteiger partial charge on any atom is 0.133 e. The van der Waals surface area contributed by atoms with Gasteiger partial charge in [-0.2, -0.15) is 0 Å². The van der Waals surface area contributed by atoms with E-state index in [1.807, 2.05) is 24.3 Å². The molecule has 0 aliphatic carbocycles. The molecule has 1 aromatic heterocycles. The first-order valence-electron chi connectivity index (χ1n) is 11.8. The summed E-state index contributed by atoms with van der Waals surface area (Å²) in [7, 11) is 0. The molecule has 3 N–H and O–H groups in total. The van der Waals surface area contributed by atoms with Crippen LogP contribution in [0.15, 0.2) is 29.3 Å². The Morgan fingerprint density at radius 3 is 2.62 bits per heavy atom. The smallest absolute Gasteiger partial charge is 0.133 e. The highest BCUT2D eigenvalue weighted by molar-refractivity contribution is 7.17. The van der Waals surface area contributed by atoms with E-state index < -0.39 is 6.04 Å². The van der Waals surface area contributed by atoms with Crippen molar-refractivity contribution in [2.24, 2.45) is 4.99 Å². The van der Waals surface area contributed by atoms with Gasteiger partial charge in [0, 0.05) is 40.7 Å². The average molecular weight is 501 g/mol. The minimum atomic E-state index is -0.395. The zero-order valence-corrected chi connectivity index (χ0v) is 21.7. The van der Waals surface area contributed by atoms with Gasteiger partial charge < -0.3 is 10.1 Å². The van der Waals surface area contributed by atoms with E-state index in [-0.39, 0.29) is 0 Å². The number of halogens is 1. The topological polar surface area (TPSA) is 87.8 Å². The fraction of sp³-hybridized carbons (Fsp3) is 0.480. The molecule has 1 aromatic carbocycles. The van der Waals surface area contributed by atoms with Crippen LogP contribution in [0.5, 0.6) is 0 Å². The van der Waals surface area contributed by atoms with Crippen LogP contribution in [0, 0.1) is 24.7 Å². The third kappa shape index (κ3) is 5.42. The van der Waals surface area contributed by atoms with Gasteiger partial charge in [0.15, 0.2) is 0 Å². The number of thiophene rings is 1. The molecule has 1 fully saturated rings. The van der Waals surface area contributed by atoms with Crippen molar-refractivity contribution in [1.29, 1.82) is 10.8 Å². The van der Waals surface area contributed by atoms with E-state index in [4.69, 9.17) is 32.1 Å². The fourth-order valence-electron chi connectivity index (χ4n) is 4.38. The first-order valence-corrected chi connectivity index (χ1v) is 12.9. The second-order valence-electron chi connectivity index (χ2n) is 8.78. The summed E-state index contributed by atoms with van der Waals surface area (Å²) in [6.45, 7) is 12.0. The van der Waals surface area contributed by atoms with Crippen LogP contribution in [-0.4, -0.2) is 74.3 Å². The SMILES string of the molecule is CC(=N)N1C(=N)[C@H](CNCCCN2CCOCC2)N=C(c2ccc(Cl)cc2)c2c1sc(C)c2C. The van der Waals surface area contributed by atoms with Crippen LogP contribution in [0.25, 0.3) is 0 Å². The van der Waals surface area contributed by atoms with Crippen LogP contribution in [0.2, 0.25) is 5.02 Å². The summed E-state index contributed by atoms with van der Waals surface area (Å²) in [5, 5.41) is 22.6. The number of anilines is 1. The van der Waals surface area contributed by atoms with Gasteiger partial charge in [0.2, 0.25) is 0 Å². The molecule has 0 saturated carbocycles. The molecule has 0 bridgehead atoms. The number of aliphatic imine (C=N–C) groups is 1. The Labute approximate surface area is 210 Å². The van der Waals surface area contributed by atoms with Crippen molar-refractivity contribution < 1.29 is 4.74 Å². The van der Waals surface area contributed by atoms with Gasteiger partial charge in [-0.1, -0.05) is 23.7 Å². The Kier molecular flexibility index (Phi) is 8.16. The van der Waals surface area contributed by atoms with Gasteiger partial charge in [-0.25, -0.2) is 0 Å². The van der Waals surface area contributed by atoms with Crippen LogP contribution in [0.1, 0.15) is 34.9 Å². The minimum Gasteiger partial charge on any atom is -0.379 e. The summed E-state index contributed by atoms with van der Waals surface area (Å²) in [5.41, 5.74) is 3.99. The Bertz CT molecular complexity index is 1070. The molecule has 1 saturated heterocycles. The molecule has 2 aliphatic heterocycles. The summed E-state index contributed by atoms with van der Waals surface area (Å²) in [6.07, 6.45) is 1.03. The second-order valence-corrected chi connectivity index (χ2v) is 10.4. The molecule has 1 atom stereocenters. The number of morpholine rings is 1. The first-order chi connectivity index (χ1) is 16.4. The van der Waals surface area contributed by atoms with Gasteiger partial charge in [-0.15, -0.1) is 11.3 Å². The molecule has 3 heterocycles. The van der Waals surface area contributed by atoms with Gasteiger partial charge >= 0.3 is 0 Å². The van der Waals surface area contributed by atoms with E-state index in [1.165, 1.54) is 4.88 Å². The third-order valence-corrected chi connectivity index (χ3v) is 7.81. The first kappa shape index (κ1) is 25.0. The maximum atomic E-state index is 9.01. The van der Waals surface area contributed by atoms with Gasteiger partial charge in [-0.3, -0.25) is 25.6 Å². The molecule has 182 valence electrons. The van der Waals surface area contributed by atoms with E-state index in [2.05, 4.69) is 24.1 Å². The number of rotatable bonds is 7. The summed E-state index contributed by atoms with van der Waals surface area (Å²) >= 11 is 7.78. The van der Waals surface area contributed by atoms with Crippen LogP contribution in [-0.2, 0) is 4.74 Å². The highest BCUT2D eigenvalue weighted by Gasteiger charge is 2.33. The van der Waals surface area contributed by atoms with Crippen LogP contribution >= 0.6 is 22.9 Å². The zero-order chi connectivity index (χ0) is 24.2. The van der Waals surface area contributed by atoms with Crippen LogP contribution in [0.3, 0.4) is 0 Å². The molecular formula is C25H33ClN6OS. The number of aryl methyl sites for hydroxylation is 1. The predicted octanol–water partition coefficient (Wildman–Crippen LogP) is 4.33. The van der Waals surface area contributed by atoms with Gasteiger partial charge in [-0.05, 0) is 58.0 Å². The second kappa shape index (κ2) is 11.1. The van der Waals surface area contributed by atoms with Gasteiger partial charge in [0.05, 0.1) is 18.9 Å². The summed E-state index contributed by atoms with van der Waals surface area (Å²) < 4.78 is 5.42. The zero-order valence-electron chi connectivity index (χ0n) is 20.1. The number of ether oxygens (including phenoxy) is 1. The molecule has 0 radical (unpaired) electrons.